The average molecular weight is 311 g/mol. The topological polar surface area (TPSA) is 43.8 Å². The van der Waals surface area contributed by atoms with E-state index in [0.717, 1.165) is 41.8 Å². The number of nitrogens with two attached hydrogens (primary N) is 1. The van der Waals surface area contributed by atoms with Crippen molar-refractivity contribution in [2.24, 2.45) is 5.73 Å². The summed E-state index contributed by atoms with van der Waals surface area (Å²) in [6, 6.07) is 10.9. The first-order valence-corrected chi connectivity index (χ1v) is 8.03. The summed E-state index contributed by atoms with van der Waals surface area (Å²) in [5, 5.41) is 0. The van der Waals surface area contributed by atoms with Gasteiger partial charge in [0, 0.05) is 12.1 Å². The monoisotopic (exact) mass is 311 g/mol. The molecule has 0 aliphatic carbocycles. The molecule has 3 rings (SSSR count). The molecule has 0 aliphatic rings. The van der Waals surface area contributed by atoms with E-state index in [1.807, 2.05) is 6.07 Å². The number of benzene rings is 2. The summed E-state index contributed by atoms with van der Waals surface area (Å²) in [6.45, 7) is 5.71. The number of hydrogen-bond donors (Lipinski definition) is 1. The summed E-state index contributed by atoms with van der Waals surface area (Å²) in [7, 11) is 0. The Kier molecular flexibility index (Phi) is 4.44. The van der Waals surface area contributed by atoms with E-state index in [4.69, 9.17) is 10.7 Å². The minimum Gasteiger partial charge on any atom is -0.330 e. The number of unbranched alkanes of at least 4 members (excludes halogenated alkanes) is 1. The van der Waals surface area contributed by atoms with E-state index in [9.17, 15) is 4.39 Å². The van der Waals surface area contributed by atoms with Gasteiger partial charge < -0.3 is 10.3 Å². The number of imidazole rings is 1. The molecular weight excluding hydrogens is 289 g/mol. The van der Waals surface area contributed by atoms with Gasteiger partial charge >= 0.3 is 0 Å². The molecule has 120 valence electrons. The molecule has 0 radical (unpaired) electrons. The molecule has 2 aromatic carbocycles. The number of aryl methyl sites for hydroxylation is 3. The van der Waals surface area contributed by atoms with Crippen LogP contribution in [-0.2, 0) is 6.54 Å². The lowest BCUT2D eigenvalue weighted by atomic mass is 10.1. The zero-order valence-electron chi connectivity index (χ0n) is 13.6. The smallest absolute Gasteiger partial charge is 0.141 e. The molecule has 0 bridgehead atoms. The third-order valence-corrected chi connectivity index (χ3v) is 4.28. The van der Waals surface area contributed by atoms with Crippen molar-refractivity contribution >= 4 is 11.0 Å². The van der Waals surface area contributed by atoms with E-state index in [1.54, 1.807) is 12.1 Å². The summed E-state index contributed by atoms with van der Waals surface area (Å²) >= 11 is 0. The molecule has 0 aliphatic heterocycles. The van der Waals surface area contributed by atoms with Crippen molar-refractivity contribution in [2.45, 2.75) is 33.2 Å². The van der Waals surface area contributed by atoms with Gasteiger partial charge in [-0.2, -0.15) is 0 Å². The average Bonchev–Trinajstić information content (AvgIpc) is 2.86. The molecule has 0 saturated heterocycles. The zero-order chi connectivity index (χ0) is 16.4. The maximum Gasteiger partial charge on any atom is 0.141 e. The van der Waals surface area contributed by atoms with E-state index in [2.05, 4.69) is 30.5 Å². The van der Waals surface area contributed by atoms with Crippen molar-refractivity contribution in [1.29, 1.82) is 0 Å². The second-order valence-electron chi connectivity index (χ2n) is 6.02. The Balaban J connectivity index is 2.16. The molecule has 1 heterocycles. The van der Waals surface area contributed by atoms with E-state index in [1.165, 1.54) is 17.2 Å². The predicted octanol–water partition coefficient (Wildman–Crippen LogP) is 4.20. The number of halogens is 1. The van der Waals surface area contributed by atoms with Gasteiger partial charge in [-0.1, -0.05) is 12.1 Å². The van der Waals surface area contributed by atoms with Gasteiger partial charge in [-0.15, -0.1) is 0 Å². The Hall–Kier alpha value is -2.20. The van der Waals surface area contributed by atoms with Gasteiger partial charge in [-0.05, 0) is 68.6 Å². The molecule has 0 amide bonds. The lowest BCUT2D eigenvalue weighted by molar-refractivity contribution is 0.623. The van der Waals surface area contributed by atoms with Crippen LogP contribution in [0.4, 0.5) is 4.39 Å². The van der Waals surface area contributed by atoms with Crippen LogP contribution in [0.3, 0.4) is 0 Å². The number of nitrogens with zero attached hydrogens (tertiary/aromatic N) is 2. The summed E-state index contributed by atoms with van der Waals surface area (Å²) < 4.78 is 15.8. The Morgan fingerprint density at radius 1 is 1.09 bits per heavy atom. The maximum absolute atomic E-state index is 13.6. The molecule has 0 atom stereocenters. The van der Waals surface area contributed by atoms with E-state index < -0.39 is 0 Å². The highest BCUT2D eigenvalue weighted by molar-refractivity contribution is 5.82. The van der Waals surface area contributed by atoms with Crippen LogP contribution < -0.4 is 5.73 Å². The highest BCUT2D eigenvalue weighted by Gasteiger charge is 2.14. The first-order chi connectivity index (χ1) is 11.1. The summed E-state index contributed by atoms with van der Waals surface area (Å²) in [5.41, 5.74) is 10.9. The molecule has 1 aromatic heterocycles. The Labute approximate surface area is 136 Å². The van der Waals surface area contributed by atoms with Crippen molar-refractivity contribution in [3.05, 3.63) is 53.3 Å². The third kappa shape index (κ3) is 3.13. The van der Waals surface area contributed by atoms with Crippen molar-refractivity contribution in [1.82, 2.24) is 9.55 Å². The Morgan fingerprint density at radius 2 is 1.87 bits per heavy atom. The minimum absolute atomic E-state index is 0.240. The van der Waals surface area contributed by atoms with Crippen molar-refractivity contribution in [3.8, 4) is 11.4 Å². The summed E-state index contributed by atoms with van der Waals surface area (Å²) in [6.07, 6.45) is 1.95. The summed E-state index contributed by atoms with van der Waals surface area (Å²) in [5.74, 6) is 0.581. The predicted molar refractivity (Wildman–Crippen MR) is 92.9 cm³/mol. The van der Waals surface area contributed by atoms with Crippen molar-refractivity contribution < 1.29 is 4.39 Å². The Morgan fingerprint density at radius 3 is 2.61 bits per heavy atom. The van der Waals surface area contributed by atoms with Gasteiger partial charge in [-0.3, -0.25) is 0 Å². The van der Waals surface area contributed by atoms with Gasteiger partial charge in [0.05, 0.1) is 11.0 Å². The van der Waals surface area contributed by atoms with Crippen LogP contribution in [0, 0.1) is 19.7 Å². The van der Waals surface area contributed by atoms with Crippen LogP contribution in [0.25, 0.3) is 22.4 Å². The number of aromatic nitrogens is 2. The number of hydrogen-bond acceptors (Lipinski definition) is 2. The Bertz CT molecular complexity index is 836. The fraction of sp³-hybridized carbons (Fsp3) is 0.316. The van der Waals surface area contributed by atoms with Crippen molar-refractivity contribution in [2.75, 3.05) is 6.54 Å². The zero-order valence-corrected chi connectivity index (χ0v) is 13.6. The lowest BCUT2D eigenvalue weighted by Crippen LogP contribution is -2.05. The first kappa shape index (κ1) is 15.7. The highest BCUT2D eigenvalue weighted by atomic mass is 19.1. The number of rotatable bonds is 5. The molecule has 3 nitrogen and oxygen atoms in total. The SMILES string of the molecule is Cc1cc2nc(-c3cccc(F)c3)n(CCCCN)c2cc1C. The van der Waals surface area contributed by atoms with Gasteiger partial charge in [0.2, 0.25) is 0 Å². The molecule has 2 N–H and O–H groups in total. The maximum atomic E-state index is 13.6. The van der Waals surface area contributed by atoms with Gasteiger partial charge in [-0.25, -0.2) is 9.37 Å². The molecule has 0 fully saturated rings. The fourth-order valence-corrected chi connectivity index (χ4v) is 2.87. The molecular formula is C19H22FN3. The van der Waals surface area contributed by atoms with Crippen LogP contribution in [0.1, 0.15) is 24.0 Å². The normalized spacial score (nSPS) is 11.3. The molecule has 4 heteroatoms. The molecule has 0 unspecified atom stereocenters. The van der Waals surface area contributed by atoms with Crippen LogP contribution in [0.2, 0.25) is 0 Å². The largest absolute Gasteiger partial charge is 0.330 e. The van der Waals surface area contributed by atoms with Crippen molar-refractivity contribution in [3.63, 3.8) is 0 Å². The van der Waals surface area contributed by atoms with Gasteiger partial charge in [0.1, 0.15) is 11.6 Å². The molecule has 0 saturated carbocycles. The number of fused-ring (bicyclic) bond motifs is 1. The second kappa shape index (κ2) is 6.50. The van der Waals surface area contributed by atoms with Gasteiger partial charge in [0.25, 0.3) is 0 Å². The van der Waals surface area contributed by atoms with E-state index in [-0.39, 0.29) is 5.82 Å². The van der Waals surface area contributed by atoms with Crippen LogP contribution >= 0.6 is 0 Å². The first-order valence-electron chi connectivity index (χ1n) is 8.03. The van der Waals surface area contributed by atoms with Crippen LogP contribution in [0.15, 0.2) is 36.4 Å². The van der Waals surface area contributed by atoms with E-state index >= 15 is 0 Å². The molecule has 3 aromatic rings. The van der Waals surface area contributed by atoms with Crippen LogP contribution in [0.5, 0.6) is 0 Å². The standard InChI is InChI=1S/C19H22FN3/c1-13-10-17-18(11-14(13)2)23(9-4-3-8-21)19(22-17)15-6-5-7-16(20)12-15/h5-7,10-12H,3-4,8-9,21H2,1-2H3. The van der Waals surface area contributed by atoms with Gasteiger partial charge in [0.15, 0.2) is 0 Å². The highest BCUT2D eigenvalue weighted by Crippen LogP contribution is 2.27. The molecule has 23 heavy (non-hydrogen) atoms. The fourth-order valence-electron chi connectivity index (χ4n) is 2.87. The quantitative estimate of drug-likeness (QED) is 0.718. The van der Waals surface area contributed by atoms with Crippen LogP contribution in [-0.4, -0.2) is 16.1 Å². The third-order valence-electron chi connectivity index (χ3n) is 4.28. The minimum atomic E-state index is -0.240. The van der Waals surface area contributed by atoms with E-state index in [0.29, 0.717) is 6.54 Å². The second-order valence-corrected chi connectivity index (χ2v) is 6.02. The molecule has 0 spiro atoms. The summed E-state index contributed by atoms with van der Waals surface area (Å²) in [4.78, 5) is 4.77. The lowest BCUT2D eigenvalue weighted by Gasteiger charge is -2.10.